The van der Waals surface area contributed by atoms with E-state index in [4.69, 9.17) is 10.6 Å². The number of nitrogens with zero attached hydrogens (tertiary/aromatic N) is 4. The van der Waals surface area contributed by atoms with Gasteiger partial charge in [0.1, 0.15) is 18.2 Å². The summed E-state index contributed by atoms with van der Waals surface area (Å²) in [6.45, 7) is 4.71. The van der Waals surface area contributed by atoms with Crippen LogP contribution in [0.4, 0.5) is 4.39 Å². The second kappa shape index (κ2) is 10.2. The number of halogens is 1. The van der Waals surface area contributed by atoms with Gasteiger partial charge in [-0.3, -0.25) is 4.79 Å². The minimum absolute atomic E-state index is 0.0724. The number of amides is 1. The molecule has 0 bridgehead atoms. The van der Waals surface area contributed by atoms with E-state index in [1.165, 1.54) is 28.1 Å². The maximum absolute atomic E-state index is 14.1. The van der Waals surface area contributed by atoms with Crippen LogP contribution in [0.3, 0.4) is 0 Å². The molecule has 1 aromatic heterocycles. The number of benzene rings is 2. The summed E-state index contributed by atoms with van der Waals surface area (Å²) in [5, 5.41) is 8.62. The van der Waals surface area contributed by atoms with Crippen LogP contribution >= 0.6 is 11.8 Å². The van der Waals surface area contributed by atoms with Crippen LogP contribution in [0, 0.1) is 5.82 Å². The number of thioether (sulfide) groups is 1. The Morgan fingerprint density at radius 2 is 1.94 bits per heavy atom. The van der Waals surface area contributed by atoms with Gasteiger partial charge in [0, 0.05) is 18.2 Å². The van der Waals surface area contributed by atoms with E-state index in [0.29, 0.717) is 22.5 Å². The number of rotatable bonds is 10. The predicted octanol–water partition coefficient (Wildman–Crippen LogP) is 4.12. The minimum atomic E-state index is -0.297. The van der Waals surface area contributed by atoms with Gasteiger partial charge in [0.25, 0.3) is 0 Å². The van der Waals surface area contributed by atoms with Crippen molar-refractivity contribution in [3.63, 3.8) is 0 Å². The summed E-state index contributed by atoms with van der Waals surface area (Å²) >= 11 is 1.21. The van der Waals surface area contributed by atoms with Crippen molar-refractivity contribution in [2.45, 2.75) is 57.0 Å². The fourth-order valence-electron chi connectivity index (χ4n) is 3.43. The van der Waals surface area contributed by atoms with Crippen molar-refractivity contribution in [2.75, 3.05) is 11.6 Å². The number of hydrogen-bond donors (Lipinski definition) is 1. The molecule has 0 atom stereocenters. The van der Waals surface area contributed by atoms with Gasteiger partial charge in [0.05, 0.1) is 5.75 Å². The highest BCUT2D eigenvalue weighted by atomic mass is 32.2. The molecule has 9 heteroatoms. The highest BCUT2D eigenvalue weighted by Crippen LogP contribution is 2.30. The predicted molar refractivity (Wildman–Crippen MR) is 126 cm³/mol. The fourth-order valence-corrected chi connectivity index (χ4v) is 4.19. The van der Waals surface area contributed by atoms with Crippen LogP contribution in [0.5, 0.6) is 5.75 Å². The standard InChI is InChI=1S/C24H28FN5O2S/c1-16(2)17-7-11-20(12-8-17)32-14-22-27-28-24(30(22)26)33-15-23(31)29(19-9-10-19)13-18-5-3-4-6-21(18)25/h3-8,11-12,16,19H,9-10,13-15,26H2,1-2H3. The van der Waals surface area contributed by atoms with Crippen LogP contribution < -0.4 is 10.6 Å². The lowest BCUT2D eigenvalue weighted by atomic mass is 10.0. The molecule has 2 aromatic carbocycles. The van der Waals surface area contributed by atoms with Crippen molar-refractivity contribution in [1.29, 1.82) is 0 Å². The largest absolute Gasteiger partial charge is 0.486 e. The summed E-state index contributed by atoms with van der Waals surface area (Å²) in [6, 6.07) is 14.6. The minimum Gasteiger partial charge on any atom is -0.486 e. The van der Waals surface area contributed by atoms with E-state index in [-0.39, 0.29) is 36.7 Å². The molecule has 4 rings (SSSR count). The normalized spacial score (nSPS) is 13.3. The zero-order chi connectivity index (χ0) is 23.4. The van der Waals surface area contributed by atoms with E-state index in [9.17, 15) is 9.18 Å². The van der Waals surface area contributed by atoms with Crippen molar-refractivity contribution >= 4 is 17.7 Å². The number of aromatic nitrogens is 3. The molecule has 1 heterocycles. The van der Waals surface area contributed by atoms with Gasteiger partial charge in [0.15, 0.2) is 5.82 Å². The SMILES string of the molecule is CC(C)c1ccc(OCc2nnc(SCC(=O)N(Cc3ccccc3F)C3CC3)n2N)cc1. The molecule has 33 heavy (non-hydrogen) atoms. The summed E-state index contributed by atoms with van der Waals surface area (Å²) in [4.78, 5) is 14.6. The molecule has 1 aliphatic carbocycles. The molecule has 0 aliphatic heterocycles. The molecule has 3 aromatic rings. The summed E-state index contributed by atoms with van der Waals surface area (Å²) in [6.07, 6.45) is 1.88. The molecule has 0 spiro atoms. The number of nitrogen functional groups attached to an aromatic ring is 1. The zero-order valence-electron chi connectivity index (χ0n) is 18.8. The van der Waals surface area contributed by atoms with E-state index in [2.05, 4.69) is 24.0 Å². The molecule has 2 N–H and O–H groups in total. The fraction of sp³-hybridized carbons (Fsp3) is 0.375. The first-order valence-electron chi connectivity index (χ1n) is 11.0. The van der Waals surface area contributed by atoms with Crippen molar-refractivity contribution in [1.82, 2.24) is 19.8 Å². The number of hydrogen-bond acceptors (Lipinski definition) is 6. The third-order valence-electron chi connectivity index (χ3n) is 5.58. The molecule has 1 fully saturated rings. The summed E-state index contributed by atoms with van der Waals surface area (Å²) in [7, 11) is 0. The van der Waals surface area contributed by atoms with Crippen LogP contribution in [-0.2, 0) is 17.9 Å². The quantitative estimate of drug-likeness (QED) is 0.355. The molecule has 1 saturated carbocycles. The monoisotopic (exact) mass is 469 g/mol. The number of carbonyl (C=O) groups excluding carboxylic acids is 1. The van der Waals surface area contributed by atoms with E-state index in [1.54, 1.807) is 23.1 Å². The Morgan fingerprint density at radius 3 is 2.61 bits per heavy atom. The highest BCUT2D eigenvalue weighted by Gasteiger charge is 2.33. The van der Waals surface area contributed by atoms with Crippen molar-refractivity contribution in [3.8, 4) is 5.75 Å². The first-order chi connectivity index (χ1) is 15.9. The van der Waals surface area contributed by atoms with Gasteiger partial charge < -0.3 is 15.5 Å². The Bertz CT molecular complexity index is 1100. The van der Waals surface area contributed by atoms with Gasteiger partial charge in [0.2, 0.25) is 11.1 Å². The Balaban J connectivity index is 1.32. The maximum Gasteiger partial charge on any atom is 0.233 e. The van der Waals surface area contributed by atoms with Crippen LogP contribution in [0.2, 0.25) is 0 Å². The second-order valence-corrected chi connectivity index (χ2v) is 9.36. The zero-order valence-corrected chi connectivity index (χ0v) is 19.6. The van der Waals surface area contributed by atoms with E-state index < -0.39 is 0 Å². The number of nitrogens with two attached hydrogens (primary N) is 1. The second-order valence-electron chi connectivity index (χ2n) is 8.41. The van der Waals surface area contributed by atoms with Gasteiger partial charge in [-0.15, -0.1) is 10.2 Å². The Labute approximate surface area is 197 Å². The van der Waals surface area contributed by atoms with E-state index in [1.807, 2.05) is 24.3 Å². The van der Waals surface area contributed by atoms with E-state index >= 15 is 0 Å². The summed E-state index contributed by atoms with van der Waals surface area (Å²) in [5.74, 6) is 7.54. The Hall–Kier alpha value is -3.07. The Kier molecular flexibility index (Phi) is 7.17. The first-order valence-corrected chi connectivity index (χ1v) is 12.0. The third-order valence-corrected chi connectivity index (χ3v) is 6.51. The van der Waals surface area contributed by atoms with Crippen molar-refractivity contribution in [3.05, 3.63) is 71.3 Å². The molecule has 174 valence electrons. The molecule has 0 radical (unpaired) electrons. The topological polar surface area (TPSA) is 86.3 Å². The van der Waals surface area contributed by atoms with Crippen LogP contribution in [0.25, 0.3) is 0 Å². The molecule has 1 aliphatic rings. The lowest BCUT2D eigenvalue weighted by Gasteiger charge is -2.22. The summed E-state index contributed by atoms with van der Waals surface area (Å²) in [5.41, 5.74) is 1.76. The lowest BCUT2D eigenvalue weighted by Crippen LogP contribution is -2.34. The van der Waals surface area contributed by atoms with Crippen LogP contribution in [0.15, 0.2) is 53.7 Å². The van der Waals surface area contributed by atoms with Gasteiger partial charge in [-0.25, -0.2) is 9.07 Å². The summed E-state index contributed by atoms with van der Waals surface area (Å²) < 4.78 is 21.2. The van der Waals surface area contributed by atoms with Gasteiger partial charge in [-0.05, 0) is 42.5 Å². The van der Waals surface area contributed by atoms with Crippen LogP contribution in [-0.4, -0.2) is 37.5 Å². The average molecular weight is 470 g/mol. The van der Waals surface area contributed by atoms with Crippen molar-refractivity contribution in [2.24, 2.45) is 0 Å². The lowest BCUT2D eigenvalue weighted by molar-refractivity contribution is -0.129. The highest BCUT2D eigenvalue weighted by molar-refractivity contribution is 7.99. The Morgan fingerprint density at radius 1 is 1.21 bits per heavy atom. The first kappa shape index (κ1) is 23.1. The van der Waals surface area contributed by atoms with Gasteiger partial charge in [-0.1, -0.05) is 55.9 Å². The molecule has 0 unspecified atom stereocenters. The molecular weight excluding hydrogens is 441 g/mol. The van der Waals surface area contributed by atoms with Gasteiger partial charge in [-0.2, -0.15) is 0 Å². The maximum atomic E-state index is 14.1. The van der Waals surface area contributed by atoms with Crippen LogP contribution in [0.1, 0.15) is 49.6 Å². The number of carbonyl (C=O) groups is 1. The molecule has 0 saturated heterocycles. The third kappa shape index (κ3) is 5.84. The van der Waals surface area contributed by atoms with Crippen molar-refractivity contribution < 1.29 is 13.9 Å². The average Bonchev–Trinajstić information content (AvgIpc) is 3.59. The molecule has 7 nitrogen and oxygen atoms in total. The smallest absolute Gasteiger partial charge is 0.233 e. The van der Waals surface area contributed by atoms with E-state index in [0.717, 1.165) is 18.6 Å². The molecular formula is C24H28FN5O2S. The molecule has 1 amide bonds. The number of ether oxygens (including phenoxy) is 1. The van der Waals surface area contributed by atoms with Gasteiger partial charge >= 0.3 is 0 Å².